The molecule has 0 aliphatic carbocycles. The normalized spacial score (nSPS) is 10.1. The molecule has 0 aliphatic heterocycles. The first-order valence-corrected chi connectivity index (χ1v) is 5.41. The van der Waals surface area contributed by atoms with E-state index in [4.69, 9.17) is 0 Å². The van der Waals surface area contributed by atoms with Crippen molar-refractivity contribution < 1.29 is 20.4 Å². The van der Waals surface area contributed by atoms with E-state index in [2.05, 4.69) is 27.0 Å². The van der Waals surface area contributed by atoms with Crippen LogP contribution in [0.2, 0.25) is 0 Å². The Bertz CT molecular complexity index is 468. The maximum atomic E-state index is 4.35. The number of halogens is 1. The summed E-state index contributed by atoms with van der Waals surface area (Å²) >= 11 is 3.45. The molecule has 0 bridgehead atoms. The monoisotopic (exact) mass is 364 g/mol. The molecule has 0 heterocycles. The Hall–Kier alpha value is -0.748. The van der Waals surface area contributed by atoms with Gasteiger partial charge in [0.15, 0.2) is 0 Å². The van der Waals surface area contributed by atoms with Crippen molar-refractivity contribution in [3.8, 4) is 0 Å². The molecule has 16 heavy (non-hydrogen) atoms. The van der Waals surface area contributed by atoms with Crippen LogP contribution in [-0.4, -0.2) is 6.21 Å². The maximum absolute atomic E-state index is 4.35. The second-order valence-electron chi connectivity index (χ2n) is 3.03. The number of hydrogen-bond donors (Lipinski definition) is 0. The van der Waals surface area contributed by atoms with E-state index in [0.29, 0.717) is 0 Å². The van der Waals surface area contributed by atoms with E-state index in [1.165, 1.54) is 0 Å². The molecular weight excluding hydrogens is 356 g/mol. The van der Waals surface area contributed by atoms with Crippen LogP contribution < -0.4 is 0 Å². The van der Waals surface area contributed by atoms with Gasteiger partial charge in [0.05, 0.1) is 5.69 Å². The van der Waals surface area contributed by atoms with E-state index >= 15 is 0 Å². The molecule has 0 saturated heterocycles. The molecule has 2 rings (SSSR count). The molecule has 0 aromatic heterocycles. The van der Waals surface area contributed by atoms with Crippen molar-refractivity contribution in [1.29, 1.82) is 0 Å². The van der Waals surface area contributed by atoms with Crippen LogP contribution in [0.4, 0.5) is 5.69 Å². The molecule has 2 aromatic rings. The first-order chi connectivity index (χ1) is 7.36. The van der Waals surface area contributed by atoms with Crippen molar-refractivity contribution >= 4 is 27.8 Å². The maximum Gasteiger partial charge on any atom is 0.0516 e. The average Bonchev–Trinajstić information content (AvgIpc) is 2.29. The Morgan fingerprint density at radius 1 is 1.06 bits per heavy atom. The van der Waals surface area contributed by atoms with Gasteiger partial charge in [-0.15, -0.1) is 45.8 Å². The van der Waals surface area contributed by atoms with Crippen molar-refractivity contribution in [2.75, 3.05) is 0 Å². The fraction of sp³-hybridized carbons (Fsp3) is 0. The molecule has 3 heteroatoms. The van der Waals surface area contributed by atoms with Gasteiger partial charge >= 0.3 is 0 Å². The molecule has 84 valence electrons. The minimum Gasteiger partial charge on any atom is -0.304 e. The van der Waals surface area contributed by atoms with E-state index < -0.39 is 0 Å². The van der Waals surface area contributed by atoms with E-state index in [1.807, 2.05) is 48.5 Å². The van der Waals surface area contributed by atoms with E-state index in [1.54, 1.807) is 6.21 Å². The van der Waals surface area contributed by atoms with Gasteiger partial charge in [0, 0.05) is 20.4 Å². The van der Waals surface area contributed by atoms with Crippen LogP contribution in [0, 0.1) is 6.07 Å². The summed E-state index contributed by atoms with van der Waals surface area (Å²) in [5.41, 5.74) is 1.91. The third kappa shape index (κ3) is 3.68. The van der Waals surface area contributed by atoms with Crippen molar-refractivity contribution in [3.63, 3.8) is 0 Å². The smallest absolute Gasteiger partial charge is 0.0516 e. The molecule has 0 spiro atoms. The van der Waals surface area contributed by atoms with Gasteiger partial charge in [-0.2, -0.15) is 0 Å². The Balaban J connectivity index is 0.00000128. The number of hydrogen-bond acceptors (Lipinski definition) is 1. The van der Waals surface area contributed by atoms with Crippen LogP contribution in [-0.2, 0) is 20.4 Å². The van der Waals surface area contributed by atoms with E-state index in [-0.39, 0.29) is 20.4 Å². The molecule has 0 radical (unpaired) electrons. The largest absolute Gasteiger partial charge is 0.304 e. The summed E-state index contributed by atoms with van der Waals surface area (Å²) in [6.45, 7) is 0. The molecule has 0 amide bonds. The third-order valence-electron chi connectivity index (χ3n) is 1.93. The first kappa shape index (κ1) is 13.3. The molecule has 0 saturated carbocycles. The molecule has 2 aromatic carbocycles. The number of benzene rings is 2. The van der Waals surface area contributed by atoms with Crippen LogP contribution in [0.5, 0.6) is 0 Å². The van der Waals surface area contributed by atoms with Crippen molar-refractivity contribution in [1.82, 2.24) is 0 Å². The molecule has 0 N–H and O–H groups in total. The van der Waals surface area contributed by atoms with E-state index in [9.17, 15) is 0 Å². The number of rotatable bonds is 2. The van der Waals surface area contributed by atoms with Crippen molar-refractivity contribution in [2.45, 2.75) is 0 Å². The fourth-order valence-corrected chi connectivity index (χ4v) is 1.55. The van der Waals surface area contributed by atoms with Gasteiger partial charge in [0.1, 0.15) is 0 Å². The molecule has 0 unspecified atom stereocenters. The number of para-hydroxylation sites is 1. The van der Waals surface area contributed by atoms with Gasteiger partial charge in [-0.25, -0.2) is 0 Å². The Morgan fingerprint density at radius 2 is 1.81 bits per heavy atom. The van der Waals surface area contributed by atoms with Gasteiger partial charge in [-0.05, 0) is 18.3 Å². The van der Waals surface area contributed by atoms with Gasteiger partial charge in [-0.1, -0.05) is 22.7 Å². The topological polar surface area (TPSA) is 12.4 Å². The zero-order valence-electron chi connectivity index (χ0n) is 8.34. The van der Waals surface area contributed by atoms with Gasteiger partial charge < -0.3 is 4.99 Å². The number of nitrogens with zero attached hydrogens (tertiary/aromatic N) is 1. The fourth-order valence-electron chi connectivity index (χ4n) is 1.18. The average molecular weight is 366 g/mol. The van der Waals surface area contributed by atoms with Crippen molar-refractivity contribution in [3.05, 3.63) is 64.6 Å². The summed E-state index contributed by atoms with van der Waals surface area (Å²) in [6.07, 6.45) is 1.80. The van der Waals surface area contributed by atoms with Gasteiger partial charge in [0.25, 0.3) is 0 Å². The summed E-state index contributed by atoms with van der Waals surface area (Å²) in [7, 11) is 0. The molecule has 0 fully saturated rings. The standard InChI is InChI=1S/C13H9BrN.Pd/c14-13-9-5-4-6-11(13)10-15-12-7-2-1-3-8-12;/h1-5,7-10H;/q-1;. The SMILES string of the molecule is Brc1ccc[c-]c1C=Nc1ccccc1.[Pd]. The molecule has 1 nitrogen and oxygen atoms in total. The van der Waals surface area contributed by atoms with E-state index in [0.717, 1.165) is 15.7 Å². The van der Waals surface area contributed by atoms with Crippen LogP contribution in [0.15, 0.2) is 58.0 Å². The Kier molecular flexibility index (Phi) is 5.62. The minimum absolute atomic E-state index is 0. The van der Waals surface area contributed by atoms with Crippen LogP contribution >= 0.6 is 15.9 Å². The molecule has 0 aliphatic rings. The second-order valence-corrected chi connectivity index (χ2v) is 3.88. The van der Waals surface area contributed by atoms with Crippen molar-refractivity contribution in [2.24, 2.45) is 4.99 Å². The molecule has 0 atom stereocenters. The predicted molar refractivity (Wildman–Crippen MR) is 66.7 cm³/mol. The zero-order valence-corrected chi connectivity index (χ0v) is 11.5. The predicted octanol–water partition coefficient (Wildman–Crippen LogP) is 4.00. The number of aliphatic imine (C=N–C) groups is 1. The van der Waals surface area contributed by atoms with Crippen LogP contribution in [0.1, 0.15) is 5.56 Å². The van der Waals surface area contributed by atoms with Gasteiger partial charge in [0.2, 0.25) is 0 Å². The second kappa shape index (κ2) is 6.75. The summed E-state index contributed by atoms with van der Waals surface area (Å²) in [6, 6.07) is 18.7. The van der Waals surface area contributed by atoms with Crippen LogP contribution in [0.25, 0.3) is 0 Å². The molecular formula is C13H9BrNPd-. The first-order valence-electron chi connectivity index (χ1n) is 4.61. The summed E-state index contributed by atoms with van der Waals surface area (Å²) in [5.74, 6) is 0. The Morgan fingerprint density at radius 3 is 2.50 bits per heavy atom. The zero-order chi connectivity index (χ0) is 10.5. The van der Waals surface area contributed by atoms with Crippen LogP contribution in [0.3, 0.4) is 0 Å². The van der Waals surface area contributed by atoms with Gasteiger partial charge in [-0.3, -0.25) is 0 Å². The quantitative estimate of drug-likeness (QED) is 0.433. The summed E-state index contributed by atoms with van der Waals surface area (Å²) in [5, 5.41) is 0. The summed E-state index contributed by atoms with van der Waals surface area (Å²) < 4.78 is 1.00. The minimum atomic E-state index is 0. The summed E-state index contributed by atoms with van der Waals surface area (Å²) in [4.78, 5) is 4.35. The Labute approximate surface area is 117 Å². The third-order valence-corrected chi connectivity index (χ3v) is 2.63.